The molecule has 3 aromatic rings. The summed E-state index contributed by atoms with van der Waals surface area (Å²) in [7, 11) is 3.64. The van der Waals surface area contributed by atoms with Gasteiger partial charge in [-0.2, -0.15) is 9.61 Å². The number of aromatic nitrogens is 7. The Bertz CT molecular complexity index is 787. The molecule has 0 N–H and O–H groups in total. The standard InChI is InChI=1S/C12H14N8O/c1-18-9(3-4-14-18)12(21-2)7-19(8-12)10-11-15-16-17-20(11)6-5-13-10/h3-6H,7-8H2,1-2H3. The lowest BCUT2D eigenvalue weighted by atomic mass is 9.90. The Hall–Kier alpha value is -2.55. The van der Waals surface area contributed by atoms with Crippen molar-refractivity contribution in [2.24, 2.45) is 7.05 Å². The van der Waals surface area contributed by atoms with E-state index < -0.39 is 0 Å². The van der Waals surface area contributed by atoms with E-state index in [9.17, 15) is 0 Å². The van der Waals surface area contributed by atoms with Gasteiger partial charge in [0.25, 0.3) is 0 Å². The Balaban J connectivity index is 1.67. The van der Waals surface area contributed by atoms with E-state index in [1.165, 1.54) is 0 Å². The molecule has 1 saturated heterocycles. The van der Waals surface area contributed by atoms with Gasteiger partial charge in [0.2, 0.25) is 5.65 Å². The maximum Gasteiger partial charge on any atom is 0.221 e. The molecule has 21 heavy (non-hydrogen) atoms. The Morgan fingerprint density at radius 1 is 1.29 bits per heavy atom. The third kappa shape index (κ3) is 1.64. The molecule has 108 valence electrons. The average molecular weight is 286 g/mol. The third-order valence-electron chi connectivity index (χ3n) is 3.97. The van der Waals surface area contributed by atoms with Gasteiger partial charge in [-0.15, -0.1) is 5.10 Å². The molecule has 4 rings (SSSR count). The highest BCUT2D eigenvalue weighted by Crippen LogP contribution is 2.37. The lowest BCUT2D eigenvalue weighted by Gasteiger charge is -2.49. The molecule has 0 radical (unpaired) electrons. The third-order valence-corrected chi connectivity index (χ3v) is 3.97. The van der Waals surface area contributed by atoms with E-state index in [0.717, 1.165) is 11.5 Å². The van der Waals surface area contributed by atoms with Crippen LogP contribution in [0.25, 0.3) is 5.65 Å². The van der Waals surface area contributed by atoms with Gasteiger partial charge in [-0.1, -0.05) is 0 Å². The summed E-state index contributed by atoms with van der Waals surface area (Å²) in [5.74, 6) is 0.761. The number of hydrogen-bond acceptors (Lipinski definition) is 7. The van der Waals surface area contributed by atoms with E-state index in [4.69, 9.17) is 4.74 Å². The van der Waals surface area contributed by atoms with Crippen LogP contribution in [0.15, 0.2) is 24.7 Å². The largest absolute Gasteiger partial charge is 0.368 e. The van der Waals surface area contributed by atoms with Crippen LogP contribution in [0.1, 0.15) is 5.69 Å². The molecule has 0 aliphatic carbocycles. The molecular weight excluding hydrogens is 272 g/mol. The van der Waals surface area contributed by atoms with E-state index in [-0.39, 0.29) is 5.60 Å². The van der Waals surface area contributed by atoms with E-state index in [2.05, 4.69) is 30.5 Å². The van der Waals surface area contributed by atoms with Crippen LogP contribution in [0.3, 0.4) is 0 Å². The number of ether oxygens (including phenoxy) is 1. The fourth-order valence-corrected chi connectivity index (χ4v) is 2.83. The smallest absolute Gasteiger partial charge is 0.221 e. The fourth-order valence-electron chi connectivity index (χ4n) is 2.83. The van der Waals surface area contributed by atoms with E-state index in [0.29, 0.717) is 18.7 Å². The van der Waals surface area contributed by atoms with Gasteiger partial charge < -0.3 is 9.64 Å². The minimum atomic E-state index is -0.368. The van der Waals surface area contributed by atoms with Crippen LogP contribution in [-0.4, -0.2) is 55.0 Å². The highest BCUT2D eigenvalue weighted by molar-refractivity contribution is 5.65. The molecule has 0 aromatic carbocycles. The molecule has 0 saturated carbocycles. The zero-order valence-corrected chi connectivity index (χ0v) is 11.7. The van der Waals surface area contributed by atoms with Gasteiger partial charge in [-0.3, -0.25) is 4.68 Å². The number of nitrogens with zero attached hydrogens (tertiary/aromatic N) is 8. The summed E-state index contributed by atoms with van der Waals surface area (Å²) in [5, 5.41) is 15.8. The molecule has 1 aliphatic heterocycles. The molecule has 0 unspecified atom stereocenters. The number of aryl methyl sites for hydroxylation is 1. The summed E-state index contributed by atoms with van der Waals surface area (Å²) >= 11 is 0. The van der Waals surface area contributed by atoms with Gasteiger partial charge in [-0.05, 0) is 16.5 Å². The van der Waals surface area contributed by atoms with Crippen LogP contribution in [0.5, 0.6) is 0 Å². The number of methoxy groups -OCH3 is 1. The highest BCUT2D eigenvalue weighted by atomic mass is 16.5. The maximum absolute atomic E-state index is 5.76. The quantitative estimate of drug-likeness (QED) is 0.648. The van der Waals surface area contributed by atoms with Crippen molar-refractivity contribution in [2.45, 2.75) is 5.60 Å². The monoisotopic (exact) mass is 286 g/mol. The Kier molecular flexibility index (Phi) is 2.45. The van der Waals surface area contributed by atoms with Crippen molar-refractivity contribution >= 4 is 11.5 Å². The number of fused-ring (bicyclic) bond motifs is 1. The van der Waals surface area contributed by atoms with Crippen molar-refractivity contribution in [3.05, 3.63) is 30.4 Å². The second-order valence-corrected chi connectivity index (χ2v) is 5.09. The number of anilines is 1. The molecule has 0 bridgehead atoms. The van der Waals surface area contributed by atoms with Gasteiger partial charge in [0.05, 0.1) is 25.0 Å². The first kappa shape index (κ1) is 12.2. The van der Waals surface area contributed by atoms with Gasteiger partial charge in [0.1, 0.15) is 5.60 Å². The van der Waals surface area contributed by atoms with Crippen molar-refractivity contribution in [1.82, 2.24) is 34.8 Å². The van der Waals surface area contributed by atoms with Crippen molar-refractivity contribution in [3.8, 4) is 0 Å². The number of tetrazole rings is 1. The normalized spacial score (nSPS) is 17.1. The average Bonchev–Trinajstić information content (AvgIpc) is 3.08. The van der Waals surface area contributed by atoms with Crippen LogP contribution < -0.4 is 4.90 Å². The second-order valence-electron chi connectivity index (χ2n) is 5.09. The van der Waals surface area contributed by atoms with Gasteiger partial charge in [-0.25, -0.2) is 4.98 Å². The van der Waals surface area contributed by atoms with Crippen molar-refractivity contribution in [1.29, 1.82) is 0 Å². The topological polar surface area (TPSA) is 86.3 Å². The summed E-state index contributed by atoms with van der Waals surface area (Å²) in [6.45, 7) is 1.37. The fraction of sp³-hybridized carbons (Fsp3) is 0.417. The molecule has 4 heterocycles. The Labute approximate surface area is 120 Å². The summed E-state index contributed by atoms with van der Waals surface area (Å²) in [6.07, 6.45) is 5.19. The SMILES string of the molecule is COC1(c2ccnn2C)CN(c2nccn3nnnc23)C1. The minimum absolute atomic E-state index is 0.368. The first-order chi connectivity index (χ1) is 10.2. The summed E-state index contributed by atoms with van der Waals surface area (Å²) in [5.41, 5.74) is 1.33. The molecule has 0 amide bonds. The predicted octanol–water partition coefficient (Wildman–Crippen LogP) is -0.385. The minimum Gasteiger partial charge on any atom is -0.368 e. The van der Waals surface area contributed by atoms with E-state index >= 15 is 0 Å². The molecule has 9 heteroatoms. The Morgan fingerprint density at radius 3 is 2.86 bits per heavy atom. The zero-order chi connectivity index (χ0) is 14.4. The summed E-state index contributed by atoms with van der Waals surface area (Å²) in [4.78, 5) is 6.49. The van der Waals surface area contributed by atoms with Gasteiger partial charge >= 0.3 is 0 Å². The van der Waals surface area contributed by atoms with E-state index in [1.807, 2.05) is 17.8 Å². The molecule has 1 fully saturated rings. The number of hydrogen-bond donors (Lipinski definition) is 0. The second kappa shape index (κ2) is 4.22. The zero-order valence-electron chi connectivity index (χ0n) is 11.7. The van der Waals surface area contributed by atoms with Crippen LogP contribution >= 0.6 is 0 Å². The van der Waals surface area contributed by atoms with Crippen LogP contribution in [-0.2, 0) is 17.4 Å². The lowest BCUT2D eigenvalue weighted by molar-refractivity contribution is -0.0446. The molecule has 0 atom stereocenters. The first-order valence-corrected chi connectivity index (χ1v) is 6.55. The summed E-state index contributed by atoms with van der Waals surface area (Å²) in [6, 6.07) is 1.98. The molecule has 9 nitrogen and oxygen atoms in total. The van der Waals surface area contributed by atoms with Crippen LogP contribution in [0.4, 0.5) is 5.82 Å². The van der Waals surface area contributed by atoms with Gasteiger partial charge in [0, 0.05) is 26.6 Å². The van der Waals surface area contributed by atoms with Crippen LogP contribution in [0, 0.1) is 0 Å². The number of rotatable bonds is 3. The summed E-state index contributed by atoms with van der Waals surface area (Å²) < 4.78 is 9.21. The van der Waals surface area contributed by atoms with Gasteiger partial charge in [0.15, 0.2) is 5.82 Å². The molecular formula is C12H14N8O. The molecule has 0 spiro atoms. The lowest BCUT2D eigenvalue weighted by Crippen LogP contribution is -2.61. The Morgan fingerprint density at radius 2 is 2.14 bits per heavy atom. The first-order valence-electron chi connectivity index (χ1n) is 6.55. The van der Waals surface area contributed by atoms with Crippen molar-refractivity contribution < 1.29 is 4.74 Å². The predicted molar refractivity (Wildman–Crippen MR) is 72.7 cm³/mol. The maximum atomic E-state index is 5.76. The van der Waals surface area contributed by atoms with Crippen molar-refractivity contribution in [2.75, 3.05) is 25.1 Å². The van der Waals surface area contributed by atoms with Crippen molar-refractivity contribution in [3.63, 3.8) is 0 Å². The molecule has 3 aromatic heterocycles. The highest BCUT2D eigenvalue weighted by Gasteiger charge is 2.48. The molecule has 1 aliphatic rings. The van der Waals surface area contributed by atoms with Crippen LogP contribution in [0.2, 0.25) is 0 Å². The van der Waals surface area contributed by atoms with E-state index in [1.54, 1.807) is 30.2 Å².